The largest absolute Gasteiger partial charge is 0.497 e. The number of fused-ring (bicyclic) bond motifs is 4. The Morgan fingerprint density at radius 3 is 2.47 bits per heavy atom. The number of carbonyl (C=O) groups is 1. The van der Waals surface area contributed by atoms with Crippen LogP contribution in [0.25, 0.3) is 11.1 Å². The van der Waals surface area contributed by atoms with Crippen LogP contribution in [-0.2, 0) is 4.74 Å². The quantitative estimate of drug-likeness (QED) is 0.757. The Bertz CT molecular complexity index is 980. The van der Waals surface area contributed by atoms with E-state index in [4.69, 9.17) is 14.2 Å². The van der Waals surface area contributed by atoms with Gasteiger partial charge < -0.3 is 19.5 Å². The summed E-state index contributed by atoms with van der Waals surface area (Å²) in [5, 5.41) is 3.17. The highest BCUT2D eigenvalue weighted by Gasteiger charge is 2.41. The molecule has 1 N–H and O–H groups in total. The van der Waals surface area contributed by atoms with Crippen LogP contribution in [0.3, 0.4) is 0 Å². The maximum absolute atomic E-state index is 12.9. The highest BCUT2D eigenvalue weighted by Crippen LogP contribution is 2.44. The van der Waals surface area contributed by atoms with Gasteiger partial charge in [-0.15, -0.1) is 0 Å². The van der Waals surface area contributed by atoms with Crippen molar-refractivity contribution in [3.63, 3.8) is 0 Å². The first-order chi connectivity index (χ1) is 15.4. The number of ether oxygens (including phenoxy) is 3. The number of hydrogen-bond acceptors (Lipinski definition) is 5. The molecule has 2 aromatic rings. The highest BCUT2D eigenvalue weighted by atomic mass is 16.6. The average molecular weight is 437 g/mol. The third kappa shape index (κ3) is 4.04. The van der Waals surface area contributed by atoms with Crippen LogP contribution in [-0.4, -0.2) is 50.4 Å². The number of methoxy groups -OCH3 is 1. The van der Waals surface area contributed by atoms with Crippen molar-refractivity contribution in [2.45, 2.75) is 38.8 Å². The summed E-state index contributed by atoms with van der Waals surface area (Å²) in [7, 11) is 1.66. The second-order valence-electron chi connectivity index (χ2n) is 9.92. The fourth-order valence-corrected chi connectivity index (χ4v) is 5.24. The molecule has 2 atom stereocenters. The molecule has 32 heavy (non-hydrogen) atoms. The standard InChI is InChI=1S/C26H32N2O4/c1-26(2)16-31-22-14-19(17-4-7-20(30-3)8-5-17)6-9-21(22)24(26)27-25(29)32-23-15-28-12-10-18(23)11-13-28/h4-9,14,18,23-24H,10-13,15-16H2,1-3H3,(H,27,29)/t23-,24?/m0/s1. The van der Waals surface area contributed by atoms with Gasteiger partial charge >= 0.3 is 6.09 Å². The van der Waals surface area contributed by atoms with Crippen molar-refractivity contribution in [2.24, 2.45) is 11.3 Å². The van der Waals surface area contributed by atoms with Crippen molar-refractivity contribution in [2.75, 3.05) is 33.4 Å². The van der Waals surface area contributed by atoms with Crippen LogP contribution in [0.1, 0.15) is 38.3 Å². The molecule has 0 spiro atoms. The normalized spacial score (nSPS) is 27.7. The molecule has 0 aromatic heterocycles. The summed E-state index contributed by atoms with van der Waals surface area (Å²) in [5.41, 5.74) is 2.90. The molecule has 4 aliphatic heterocycles. The molecule has 4 aliphatic rings. The van der Waals surface area contributed by atoms with E-state index in [0.29, 0.717) is 12.5 Å². The summed E-state index contributed by atoms with van der Waals surface area (Å²) in [6.45, 7) is 7.87. The molecular formula is C26H32N2O4. The molecule has 3 fully saturated rings. The molecule has 1 amide bonds. The number of hydrogen-bond donors (Lipinski definition) is 1. The molecule has 0 radical (unpaired) electrons. The number of amides is 1. The van der Waals surface area contributed by atoms with Crippen molar-refractivity contribution in [1.29, 1.82) is 0 Å². The van der Waals surface area contributed by atoms with E-state index >= 15 is 0 Å². The van der Waals surface area contributed by atoms with Crippen LogP contribution in [0.15, 0.2) is 42.5 Å². The van der Waals surface area contributed by atoms with E-state index in [2.05, 4.69) is 42.3 Å². The predicted octanol–water partition coefficient (Wildman–Crippen LogP) is 4.64. The van der Waals surface area contributed by atoms with Crippen LogP contribution in [0, 0.1) is 11.3 Å². The van der Waals surface area contributed by atoms with Gasteiger partial charge in [-0.2, -0.15) is 0 Å². The lowest BCUT2D eigenvalue weighted by atomic mass is 9.78. The molecule has 0 aliphatic carbocycles. The Hall–Kier alpha value is -2.73. The van der Waals surface area contributed by atoms with Crippen molar-refractivity contribution < 1.29 is 19.0 Å². The molecule has 6 nitrogen and oxygen atoms in total. The molecule has 6 heteroatoms. The van der Waals surface area contributed by atoms with Crippen LogP contribution < -0.4 is 14.8 Å². The average Bonchev–Trinajstić information content (AvgIpc) is 2.81. The summed E-state index contributed by atoms with van der Waals surface area (Å²) in [6.07, 6.45) is 1.92. The zero-order valence-corrected chi connectivity index (χ0v) is 19.1. The lowest BCUT2D eigenvalue weighted by molar-refractivity contribution is -0.0361. The number of nitrogens with zero attached hydrogens (tertiary/aromatic N) is 1. The number of alkyl carbamates (subject to hydrolysis) is 1. The topological polar surface area (TPSA) is 60.0 Å². The first-order valence-electron chi connectivity index (χ1n) is 11.5. The van der Waals surface area contributed by atoms with E-state index in [1.165, 1.54) is 0 Å². The predicted molar refractivity (Wildman–Crippen MR) is 123 cm³/mol. The zero-order valence-electron chi connectivity index (χ0n) is 19.1. The van der Waals surface area contributed by atoms with Crippen LogP contribution in [0.4, 0.5) is 4.79 Å². The molecule has 3 saturated heterocycles. The van der Waals surface area contributed by atoms with Gasteiger partial charge in [-0.05, 0) is 61.2 Å². The van der Waals surface area contributed by atoms with Gasteiger partial charge in [0.05, 0.1) is 19.8 Å². The number of benzene rings is 2. The van der Waals surface area contributed by atoms with Crippen LogP contribution in [0.5, 0.6) is 11.5 Å². The lowest BCUT2D eigenvalue weighted by Gasteiger charge is -2.44. The molecule has 170 valence electrons. The minimum Gasteiger partial charge on any atom is -0.497 e. The van der Waals surface area contributed by atoms with E-state index < -0.39 is 0 Å². The Morgan fingerprint density at radius 1 is 1.09 bits per heavy atom. The third-order valence-electron chi connectivity index (χ3n) is 7.25. The molecular weight excluding hydrogens is 404 g/mol. The van der Waals surface area contributed by atoms with Gasteiger partial charge in [0, 0.05) is 17.5 Å². The van der Waals surface area contributed by atoms with E-state index in [1.807, 2.05) is 24.3 Å². The van der Waals surface area contributed by atoms with E-state index in [0.717, 1.165) is 60.7 Å². The minimum atomic E-state index is -0.325. The maximum Gasteiger partial charge on any atom is 0.407 e. The van der Waals surface area contributed by atoms with Crippen molar-refractivity contribution in [3.8, 4) is 22.6 Å². The van der Waals surface area contributed by atoms with Gasteiger partial charge in [-0.1, -0.05) is 38.1 Å². The summed E-state index contributed by atoms with van der Waals surface area (Å²) < 4.78 is 17.3. The molecule has 0 saturated carbocycles. The van der Waals surface area contributed by atoms with Crippen LogP contribution >= 0.6 is 0 Å². The lowest BCUT2D eigenvalue weighted by Crippen LogP contribution is -2.53. The highest BCUT2D eigenvalue weighted by molar-refractivity contribution is 5.70. The first kappa shape index (κ1) is 21.1. The summed E-state index contributed by atoms with van der Waals surface area (Å²) in [5.74, 6) is 2.13. The molecule has 2 bridgehead atoms. The van der Waals surface area contributed by atoms with Gasteiger partial charge in [0.1, 0.15) is 17.6 Å². The zero-order chi connectivity index (χ0) is 22.3. The van der Waals surface area contributed by atoms with E-state index in [9.17, 15) is 4.79 Å². The Balaban J connectivity index is 1.34. The monoisotopic (exact) mass is 436 g/mol. The third-order valence-corrected chi connectivity index (χ3v) is 7.25. The number of nitrogens with one attached hydrogen (secondary N) is 1. The number of piperidine rings is 3. The van der Waals surface area contributed by atoms with Gasteiger partial charge in [0.2, 0.25) is 0 Å². The minimum absolute atomic E-state index is 0.00243. The maximum atomic E-state index is 12.9. The molecule has 2 aromatic carbocycles. The smallest absolute Gasteiger partial charge is 0.407 e. The fraction of sp³-hybridized carbons (Fsp3) is 0.500. The van der Waals surface area contributed by atoms with Gasteiger partial charge in [-0.25, -0.2) is 4.79 Å². The van der Waals surface area contributed by atoms with Crippen molar-refractivity contribution >= 4 is 6.09 Å². The van der Waals surface area contributed by atoms with Gasteiger partial charge in [0.15, 0.2) is 0 Å². The fourth-order valence-electron chi connectivity index (χ4n) is 5.24. The van der Waals surface area contributed by atoms with Gasteiger partial charge in [-0.3, -0.25) is 4.90 Å². The van der Waals surface area contributed by atoms with Crippen LogP contribution in [0.2, 0.25) is 0 Å². The SMILES string of the molecule is COc1ccc(-c2ccc3c(c2)OCC(C)(C)C3NC(=O)O[C@H]2CN3CCC2CC3)cc1. The summed E-state index contributed by atoms with van der Waals surface area (Å²) in [4.78, 5) is 15.3. The first-order valence-corrected chi connectivity index (χ1v) is 11.5. The van der Waals surface area contributed by atoms with Crippen molar-refractivity contribution in [1.82, 2.24) is 10.2 Å². The number of carbonyl (C=O) groups excluding carboxylic acids is 1. The van der Waals surface area contributed by atoms with Gasteiger partial charge in [0.25, 0.3) is 0 Å². The van der Waals surface area contributed by atoms with Crippen molar-refractivity contribution in [3.05, 3.63) is 48.0 Å². The Labute approximate surface area is 189 Å². The van der Waals surface area contributed by atoms with E-state index in [1.54, 1.807) is 7.11 Å². The Morgan fingerprint density at radius 2 is 1.81 bits per heavy atom. The summed E-state index contributed by atoms with van der Waals surface area (Å²) >= 11 is 0. The molecule has 6 rings (SSSR count). The summed E-state index contributed by atoms with van der Waals surface area (Å²) in [6, 6.07) is 14.0. The second kappa shape index (κ2) is 8.32. The Kier molecular flexibility index (Phi) is 5.49. The molecule has 1 unspecified atom stereocenters. The van der Waals surface area contributed by atoms with E-state index in [-0.39, 0.29) is 23.7 Å². The second-order valence-corrected chi connectivity index (χ2v) is 9.92. The number of rotatable bonds is 4. The molecule has 4 heterocycles.